The number of benzene rings is 2. The molecule has 0 saturated heterocycles. The summed E-state index contributed by atoms with van der Waals surface area (Å²) >= 11 is 7.65. The highest BCUT2D eigenvalue weighted by atomic mass is 35.5. The van der Waals surface area contributed by atoms with Gasteiger partial charge in [0.05, 0.1) is 12.1 Å². The van der Waals surface area contributed by atoms with Gasteiger partial charge in [-0.2, -0.15) is 0 Å². The maximum atomic E-state index is 12.5. The van der Waals surface area contributed by atoms with Crippen molar-refractivity contribution in [3.05, 3.63) is 76.4 Å². The lowest BCUT2D eigenvalue weighted by Gasteiger charge is -2.09. The molecule has 0 radical (unpaired) electrons. The number of aromatic nitrogens is 2. The van der Waals surface area contributed by atoms with Crippen LogP contribution in [0.3, 0.4) is 0 Å². The van der Waals surface area contributed by atoms with Gasteiger partial charge in [0.25, 0.3) is 0 Å². The Hall–Kier alpha value is -2.63. The van der Waals surface area contributed by atoms with Gasteiger partial charge in [0, 0.05) is 33.5 Å². The molecule has 26 heavy (non-hydrogen) atoms. The molecule has 0 unspecified atom stereocenters. The molecule has 1 N–H and O–H groups in total. The van der Waals surface area contributed by atoms with E-state index in [0.29, 0.717) is 5.02 Å². The van der Waals surface area contributed by atoms with Gasteiger partial charge in [-0.25, -0.2) is 4.98 Å². The Bertz CT molecular complexity index is 1090. The number of carbonyl (C=O) groups is 1. The van der Waals surface area contributed by atoms with Gasteiger partial charge in [-0.05, 0) is 24.6 Å². The van der Waals surface area contributed by atoms with E-state index in [9.17, 15) is 4.79 Å². The van der Waals surface area contributed by atoms with Crippen LogP contribution in [0.25, 0.3) is 16.2 Å². The number of hydrogen-bond donors (Lipinski definition) is 1. The number of carbonyl (C=O) groups excluding carboxylic acids is 1. The van der Waals surface area contributed by atoms with Gasteiger partial charge in [-0.3, -0.25) is 9.20 Å². The summed E-state index contributed by atoms with van der Waals surface area (Å²) in [6.45, 7) is 1.89. The van der Waals surface area contributed by atoms with Crippen molar-refractivity contribution in [3.63, 3.8) is 0 Å². The molecular formula is C20H16ClN3OS. The van der Waals surface area contributed by atoms with E-state index in [0.717, 1.165) is 33.2 Å². The molecule has 0 fully saturated rings. The van der Waals surface area contributed by atoms with Crippen LogP contribution in [0.5, 0.6) is 0 Å². The van der Waals surface area contributed by atoms with Crippen LogP contribution in [0.15, 0.2) is 60.1 Å². The standard InChI is InChI=1S/C20H16ClN3OS/c1-13-16(21)8-5-9-17(13)22-19(25)10-15-12-26-20-23-18(11-24(15)20)14-6-3-2-4-7-14/h2-9,11-12H,10H2,1H3,(H,22,25). The Morgan fingerprint density at radius 3 is 2.81 bits per heavy atom. The number of thiazole rings is 1. The lowest BCUT2D eigenvalue weighted by atomic mass is 10.2. The van der Waals surface area contributed by atoms with E-state index in [1.165, 1.54) is 11.3 Å². The molecule has 2 heterocycles. The molecule has 0 aliphatic rings. The average Bonchev–Trinajstić information content (AvgIpc) is 3.22. The molecule has 6 heteroatoms. The van der Waals surface area contributed by atoms with Crippen molar-refractivity contribution in [2.75, 3.05) is 5.32 Å². The number of imidazole rings is 1. The number of amides is 1. The number of halogens is 1. The van der Waals surface area contributed by atoms with E-state index >= 15 is 0 Å². The van der Waals surface area contributed by atoms with Crippen LogP contribution in [0.2, 0.25) is 5.02 Å². The molecular weight excluding hydrogens is 366 g/mol. The molecule has 4 aromatic rings. The maximum absolute atomic E-state index is 12.5. The first kappa shape index (κ1) is 16.8. The molecule has 4 nitrogen and oxygen atoms in total. The summed E-state index contributed by atoms with van der Waals surface area (Å²) in [5.41, 5.74) is 4.49. The normalized spacial score (nSPS) is 11.0. The van der Waals surface area contributed by atoms with Gasteiger partial charge in [0.1, 0.15) is 0 Å². The Balaban J connectivity index is 1.56. The quantitative estimate of drug-likeness (QED) is 0.527. The van der Waals surface area contributed by atoms with Crippen molar-refractivity contribution in [2.24, 2.45) is 0 Å². The fourth-order valence-corrected chi connectivity index (χ4v) is 3.85. The van der Waals surface area contributed by atoms with Crippen LogP contribution >= 0.6 is 22.9 Å². The summed E-state index contributed by atoms with van der Waals surface area (Å²) in [5.74, 6) is -0.0787. The third-order valence-electron chi connectivity index (χ3n) is 4.24. The third-order valence-corrected chi connectivity index (χ3v) is 5.53. The van der Waals surface area contributed by atoms with Crippen LogP contribution in [0.1, 0.15) is 11.3 Å². The van der Waals surface area contributed by atoms with Gasteiger partial charge < -0.3 is 5.32 Å². The van der Waals surface area contributed by atoms with Gasteiger partial charge in [0.15, 0.2) is 4.96 Å². The molecule has 130 valence electrons. The topological polar surface area (TPSA) is 46.4 Å². The summed E-state index contributed by atoms with van der Waals surface area (Å²) in [5, 5.41) is 5.56. The second-order valence-corrected chi connectivity index (χ2v) is 7.25. The van der Waals surface area contributed by atoms with E-state index in [1.54, 1.807) is 0 Å². The monoisotopic (exact) mass is 381 g/mol. The number of nitrogens with one attached hydrogen (secondary N) is 1. The number of fused-ring (bicyclic) bond motifs is 1. The summed E-state index contributed by atoms with van der Waals surface area (Å²) in [6, 6.07) is 15.5. The number of anilines is 1. The summed E-state index contributed by atoms with van der Waals surface area (Å²) < 4.78 is 1.98. The largest absolute Gasteiger partial charge is 0.325 e. The van der Waals surface area contributed by atoms with Crippen molar-refractivity contribution in [1.29, 1.82) is 0 Å². The van der Waals surface area contributed by atoms with Crippen molar-refractivity contribution >= 4 is 39.5 Å². The smallest absolute Gasteiger partial charge is 0.230 e. The number of nitrogens with zero attached hydrogens (tertiary/aromatic N) is 2. The van der Waals surface area contributed by atoms with Crippen molar-refractivity contribution < 1.29 is 4.79 Å². The minimum Gasteiger partial charge on any atom is -0.325 e. The summed E-state index contributed by atoms with van der Waals surface area (Å²) in [4.78, 5) is 18.0. The van der Waals surface area contributed by atoms with Crippen LogP contribution in [0, 0.1) is 6.92 Å². The van der Waals surface area contributed by atoms with E-state index in [2.05, 4.69) is 10.3 Å². The van der Waals surface area contributed by atoms with E-state index < -0.39 is 0 Å². The first-order valence-electron chi connectivity index (χ1n) is 8.17. The second kappa shape index (κ2) is 6.94. The Kier molecular flexibility index (Phi) is 4.49. The fourth-order valence-electron chi connectivity index (χ4n) is 2.81. The van der Waals surface area contributed by atoms with Crippen LogP contribution in [-0.2, 0) is 11.2 Å². The molecule has 2 aromatic heterocycles. The minimum atomic E-state index is -0.0787. The molecule has 2 aromatic carbocycles. The molecule has 0 bridgehead atoms. The molecule has 0 atom stereocenters. The highest BCUT2D eigenvalue weighted by Gasteiger charge is 2.13. The number of rotatable bonds is 4. The zero-order chi connectivity index (χ0) is 18.1. The molecule has 1 amide bonds. The average molecular weight is 382 g/mol. The van der Waals surface area contributed by atoms with Crippen molar-refractivity contribution in [2.45, 2.75) is 13.3 Å². The third kappa shape index (κ3) is 3.23. The molecule has 0 aliphatic heterocycles. The van der Waals surface area contributed by atoms with Gasteiger partial charge in [0.2, 0.25) is 5.91 Å². The highest BCUT2D eigenvalue weighted by Crippen LogP contribution is 2.25. The molecule has 0 aliphatic carbocycles. The zero-order valence-corrected chi connectivity index (χ0v) is 15.6. The second-order valence-electron chi connectivity index (χ2n) is 6.01. The highest BCUT2D eigenvalue weighted by molar-refractivity contribution is 7.15. The summed E-state index contributed by atoms with van der Waals surface area (Å²) in [7, 11) is 0. The zero-order valence-electron chi connectivity index (χ0n) is 14.1. The lowest BCUT2D eigenvalue weighted by molar-refractivity contribution is -0.115. The Morgan fingerprint density at radius 1 is 1.19 bits per heavy atom. The molecule has 0 saturated carbocycles. The first-order valence-corrected chi connectivity index (χ1v) is 9.43. The lowest BCUT2D eigenvalue weighted by Crippen LogP contribution is -2.16. The molecule has 0 spiro atoms. The van der Waals surface area contributed by atoms with E-state index in [4.69, 9.17) is 11.6 Å². The van der Waals surface area contributed by atoms with Gasteiger partial charge in [-0.1, -0.05) is 48.0 Å². The van der Waals surface area contributed by atoms with E-state index in [1.807, 2.05) is 71.4 Å². The van der Waals surface area contributed by atoms with Gasteiger partial charge in [-0.15, -0.1) is 11.3 Å². The Morgan fingerprint density at radius 2 is 2.00 bits per heavy atom. The minimum absolute atomic E-state index is 0.0787. The summed E-state index contributed by atoms with van der Waals surface area (Å²) in [6.07, 6.45) is 2.25. The van der Waals surface area contributed by atoms with Crippen LogP contribution in [-0.4, -0.2) is 15.3 Å². The SMILES string of the molecule is Cc1c(Cl)cccc1NC(=O)Cc1csc2nc(-c3ccccc3)cn12. The van der Waals surface area contributed by atoms with Crippen molar-refractivity contribution in [1.82, 2.24) is 9.38 Å². The van der Waals surface area contributed by atoms with E-state index in [-0.39, 0.29) is 12.3 Å². The first-order chi connectivity index (χ1) is 12.6. The predicted molar refractivity (Wildman–Crippen MR) is 107 cm³/mol. The molecule has 4 rings (SSSR count). The van der Waals surface area contributed by atoms with Crippen LogP contribution < -0.4 is 5.32 Å². The van der Waals surface area contributed by atoms with Gasteiger partial charge >= 0.3 is 0 Å². The number of hydrogen-bond acceptors (Lipinski definition) is 3. The fraction of sp³-hybridized carbons (Fsp3) is 0.100. The van der Waals surface area contributed by atoms with Crippen molar-refractivity contribution in [3.8, 4) is 11.3 Å². The maximum Gasteiger partial charge on any atom is 0.230 e. The predicted octanol–water partition coefficient (Wildman–Crippen LogP) is 5.21. The van der Waals surface area contributed by atoms with Crippen LogP contribution in [0.4, 0.5) is 5.69 Å². The Labute approximate surface area is 160 Å².